The molecule has 1 atom stereocenters. The Morgan fingerprint density at radius 3 is 2.38 bits per heavy atom. The standard InChI is InChI=1S/C16H26N4S/c1-4-13(2)14-5-7-15(8-6-14)17-16(21)18-20-11-9-19(3)10-12-20/h5-8,13H,4,9-12H2,1-3H3,(H2,17,18,21). The second-order valence-corrected chi connectivity index (χ2v) is 6.20. The lowest BCUT2D eigenvalue weighted by atomic mass is 9.99. The van der Waals surface area contributed by atoms with Crippen molar-refractivity contribution in [2.75, 3.05) is 38.5 Å². The topological polar surface area (TPSA) is 30.5 Å². The van der Waals surface area contributed by atoms with Crippen LogP contribution in [0.2, 0.25) is 0 Å². The van der Waals surface area contributed by atoms with Gasteiger partial charge in [0.15, 0.2) is 5.11 Å². The largest absolute Gasteiger partial charge is 0.332 e. The normalized spacial score (nSPS) is 18.2. The third-order valence-corrected chi connectivity index (χ3v) is 4.31. The van der Waals surface area contributed by atoms with E-state index in [0.29, 0.717) is 11.0 Å². The molecule has 1 heterocycles. The molecule has 0 bridgehead atoms. The molecule has 1 unspecified atom stereocenters. The third kappa shape index (κ3) is 4.95. The summed E-state index contributed by atoms with van der Waals surface area (Å²) in [5.74, 6) is 0.606. The van der Waals surface area contributed by atoms with Gasteiger partial charge in [0.05, 0.1) is 0 Å². The van der Waals surface area contributed by atoms with Gasteiger partial charge in [0.25, 0.3) is 0 Å². The quantitative estimate of drug-likeness (QED) is 0.835. The highest BCUT2D eigenvalue weighted by molar-refractivity contribution is 7.80. The summed E-state index contributed by atoms with van der Waals surface area (Å²) in [5.41, 5.74) is 5.68. The number of piperazine rings is 1. The van der Waals surface area contributed by atoms with Gasteiger partial charge in [0.1, 0.15) is 0 Å². The lowest BCUT2D eigenvalue weighted by molar-refractivity contribution is 0.131. The van der Waals surface area contributed by atoms with Crippen molar-refractivity contribution in [2.24, 2.45) is 0 Å². The average molecular weight is 306 g/mol. The maximum absolute atomic E-state index is 5.38. The van der Waals surface area contributed by atoms with Crippen molar-refractivity contribution in [1.82, 2.24) is 15.3 Å². The van der Waals surface area contributed by atoms with E-state index in [0.717, 1.165) is 38.3 Å². The van der Waals surface area contributed by atoms with Gasteiger partial charge in [-0.25, -0.2) is 5.01 Å². The summed E-state index contributed by atoms with van der Waals surface area (Å²) < 4.78 is 0. The number of hydrazine groups is 1. The second kappa shape index (κ2) is 7.73. The van der Waals surface area contributed by atoms with Crippen molar-refractivity contribution in [3.63, 3.8) is 0 Å². The molecule has 1 aliphatic heterocycles. The maximum Gasteiger partial charge on any atom is 0.185 e. The lowest BCUT2D eigenvalue weighted by Gasteiger charge is -2.33. The molecule has 5 heteroatoms. The molecule has 0 aliphatic carbocycles. The molecule has 0 spiro atoms. The SMILES string of the molecule is CCC(C)c1ccc(NC(=S)NN2CCN(C)CC2)cc1. The first kappa shape index (κ1) is 16.2. The Morgan fingerprint density at radius 2 is 1.81 bits per heavy atom. The van der Waals surface area contributed by atoms with Gasteiger partial charge in [-0.1, -0.05) is 26.0 Å². The van der Waals surface area contributed by atoms with Crippen LogP contribution in [0, 0.1) is 0 Å². The molecule has 1 saturated heterocycles. The molecule has 1 aromatic rings. The van der Waals surface area contributed by atoms with Crippen LogP contribution in [0.15, 0.2) is 24.3 Å². The van der Waals surface area contributed by atoms with Gasteiger partial charge < -0.3 is 10.2 Å². The summed E-state index contributed by atoms with van der Waals surface area (Å²) >= 11 is 5.38. The average Bonchev–Trinajstić information content (AvgIpc) is 2.49. The van der Waals surface area contributed by atoms with Crippen LogP contribution in [0.3, 0.4) is 0 Å². The predicted octanol–water partition coefficient (Wildman–Crippen LogP) is 2.65. The van der Waals surface area contributed by atoms with Gasteiger partial charge in [0.2, 0.25) is 0 Å². The van der Waals surface area contributed by atoms with Crippen LogP contribution >= 0.6 is 12.2 Å². The maximum atomic E-state index is 5.38. The Bertz CT molecular complexity index is 452. The summed E-state index contributed by atoms with van der Waals surface area (Å²) in [6.45, 7) is 8.59. The Balaban J connectivity index is 1.82. The smallest absolute Gasteiger partial charge is 0.185 e. The fourth-order valence-corrected chi connectivity index (χ4v) is 2.60. The van der Waals surface area contributed by atoms with E-state index in [1.165, 1.54) is 5.56 Å². The fraction of sp³-hybridized carbons (Fsp3) is 0.562. The van der Waals surface area contributed by atoms with Crippen molar-refractivity contribution in [3.05, 3.63) is 29.8 Å². The molecule has 1 fully saturated rings. The molecular weight excluding hydrogens is 280 g/mol. The molecule has 21 heavy (non-hydrogen) atoms. The van der Waals surface area contributed by atoms with Gasteiger partial charge in [-0.3, -0.25) is 5.43 Å². The molecule has 0 saturated carbocycles. The highest BCUT2D eigenvalue weighted by atomic mass is 32.1. The minimum Gasteiger partial charge on any atom is -0.332 e. The number of hydrogen-bond donors (Lipinski definition) is 2. The Kier molecular flexibility index (Phi) is 5.96. The molecule has 0 radical (unpaired) electrons. The van der Waals surface area contributed by atoms with E-state index in [-0.39, 0.29) is 0 Å². The number of anilines is 1. The first-order chi connectivity index (χ1) is 10.1. The number of nitrogens with one attached hydrogen (secondary N) is 2. The number of rotatable bonds is 4. The number of likely N-dealkylation sites (N-methyl/N-ethyl adjacent to an activating group) is 1. The van der Waals surface area contributed by atoms with Crippen molar-refractivity contribution in [3.8, 4) is 0 Å². The fourth-order valence-electron chi connectivity index (χ4n) is 2.35. The van der Waals surface area contributed by atoms with Crippen molar-refractivity contribution < 1.29 is 0 Å². The van der Waals surface area contributed by atoms with Gasteiger partial charge >= 0.3 is 0 Å². The van der Waals surface area contributed by atoms with Gasteiger partial charge in [-0.05, 0) is 49.3 Å². The molecule has 1 aliphatic rings. The van der Waals surface area contributed by atoms with Crippen LogP contribution in [-0.2, 0) is 0 Å². The van der Waals surface area contributed by atoms with Crippen LogP contribution in [0.25, 0.3) is 0 Å². The number of hydrogen-bond acceptors (Lipinski definition) is 3. The van der Waals surface area contributed by atoms with E-state index in [1.807, 2.05) is 0 Å². The van der Waals surface area contributed by atoms with E-state index in [9.17, 15) is 0 Å². The molecule has 0 aromatic heterocycles. The summed E-state index contributed by atoms with van der Waals surface area (Å²) in [7, 11) is 2.15. The predicted molar refractivity (Wildman–Crippen MR) is 93.6 cm³/mol. The highest BCUT2D eigenvalue weighted by Crippen LogP contribution is 2.20. The van der Waals surface area contributed by atoms with E-state index in [4.69, 9.17) is 12.2 Å². The summed E-state index contributed by atoms with van der Waals surface area (Å²) in [4.78, 5) is 2.32. The summed E-state index contributed by atoms with van der Waals surface area (Å²) in [5, 5.41) is 6.08. The molecule has 0 amide bonds. The van der Waals surface area contributed by atoms with Gasteiger partial charge in [-0.2, -0.15) is 0 Å². The molecule has 116 valence electrons. The van der Waals surface area contributed by atoms with Gasteiger partial charge in [0, 0.05) is 31.9 Å². The number of thiocarbonyl (C=S) groups is 1. The summed E-state index contributed by atoms with van der Waals surface area (Å²) in [6, 6.07) is 8.54. The first-order valence-corrected chi connectivity index (χ1v) is 8.10. The monoisotopic (exact) mass is 306 g/mol. The van der Waals surface area contributed by atoms with E-state index >= 15 is 0 Å². The zero-order chi connectivity index (χ0) is 15.2. The minimum absolute atomic E-state index is 0.606. The zero-order valence-electron chi connectivity index (χ0n) is 13.2. The Hall–Kier alpha value is -1.17. The van der Waals surface area contributed by atoms with Crippen LogP contribution in [0.5, 0.6) is 0 Å². The number of benzene rings is 1. The van der Waals surface area contributed by atoms with E-state index < -0.39 is 0 Å². The highest BCUT2D eigenvalue weighted by Gasteiger charge is 2.14. The molecule has 4 nitrogen and oxygen atoms in total. The van der Waals surface area contributed by atoms with Crippen LogP contribution in [0.4, 0.5) is 5.69 Å². The van der Waals surface area contributed by atoms with E-state index in [1.54, 1.807) is 0 Å². The Morgan fingerprint density at radius 1 is 1.19 bits per heavy atom. The summed E-state index contributed by atoms with van der Waals surface area (Å²) in [6.07, 6.45) is 1.16. The van der Waals surface area contributed by atoms with Gasteiger partial charge in [-0.15, -0.1) is 0 Å². The van der Waals surface area contributed by atoms with Crippen LogP contribution in [-0.4, -0.2) is 48.2 Å². The molecule has 1 aromatic carbocycles. The minimum atomic E-state index is 0.606. The Labute approximate surface area is 133 Å². The lowest BCUT2D eigenvalue weighted by Crippen LogP contribution is -2.53. The molecular formula is C16H26N4S. The van der Waals surface area contributed by atoms with Crippen molar-refractivity contribution in [1.29, 1.82) is 0 Å². The van der Waals surface area contributed by atoms with Crippen molar-refractivity contribution in [2.45, 2.75) is 26.2 Å². The zero-order valence-corrected chi connectivity index (χ0v) is 14.0. The second-order valence-electron chi connectivity index (χ2n) is 5.79. The van der Waals surface area contributed by atoms with Crippen molar-refractivity contribution >= 4 is 23.0 Å². The van der Waals surface area contributed by atoms with E-state index in [2.05, 4.69) is 65.8 Å². The molecule has 2 N–H and O–H groups in total. The first-order valence-electron chi connectivity index (χ1n) is 7.69. The van der Waals surface area contributed by atoms with Crippen LogP contribution in [0.1, 0.15) is 31.7 Å². The van der Waals surface area contributed by atoms with Crippen LogP contribution < -0.4 is 10.7 Å². The number of nitrogens with zero attached hydrogens (tertiary/aromatic N) is 2. The third-order valence-electron chi connectivity index (χ3n) is 4.11. The molecule has 2 rings (SSSR count).